The van der Waals surface area contributed by atoms with Crippen molar-refractivity contribution in [3.63, 3.8) is 0 Å². The Kier molecular flexibility index (Phi) is 4.87. The minimum atomic E-state index is -3.95. The van der Waals surface area contributed by atoms with Gasteiger partial charge in [0.25, 0.3) is 0 Å². The molecule has 0 aliphatic rings. The fourth-order valence-electron chi connectivity index (χ4n) is 1.60. The molecule has 0 saturated heterocycles. The van der Waals surface area contributed by atoms with Crippen LogP contribution in [0, 0.1) is 25.1 Å². The Morgan fingerprint density at radius 2 is 2.15 bits per heavy atom. The Hall–Kier alpha value is -1.91. The zero-order valence-corrected chi connectivity index (χ0v) is 11.8. The lowest BCUT2D eigenvalue weighted by molar-refractivity contribution is 0.0691. The van der Waals surface area contributed by atoms with E-state index in [0.29, 0.717) is 0 Å². The lowest BCUT2D eigenvalue weighted by atomic mass is 10.1. The minimum Gasteiger partial charge on any atom is -0.478 e. The lowest BCUT2D eigenvalue weighted by Crippen LogP contribution is -2.32. The SMILES string of the molecule is C#CCC(C)NS(=O)(=O)c1cc(C)c(F)c(C(=O)O)c1. The predicted molar refractivity (Wildman–Crippen MR) is 71.3 cm³/mol. The summed E-state index contributed by atoms with van der Waals surface area (Å²) in [5, 5.41) is 8.86. The van der Waals surface area contributed by atoms with Gasteiger partial charge in [-0.05, 0) is 31.5 Å². The monoisotopic (exact) mass is 299 g/mol. The molecule has 1 atom stereocenters. The topological polar surface area (TPSA) is 83.5 Å². The van der Waals surface area contributed by atoms with E-state index in [9.17, 15) is 17.6 Å². The van der Waals surface area contributed by atoms with Crippen LogP contribution in [0.25, 0.3) is 0 Å². The summed E-state index contributed by atoms with van der Waals surface area (Å²) in [6.45, 7) is 2.87. The summed E-state index contributed by atoms with van der Waals surface area (Å²) in [4.78, 5) is 10.6. The smallest absolute Gasteiger partial charge is 0.338 e. The van der Waals surface area contributed by atoms with Crippen molar-refractivity contribution in [3.05, 3.63) is 29.1 Å². The lowest BCUT2D eigenvalue weighted by Gasteiger charge is -2.13. The molecule has 108 valence electrons. The van der Waals surface area contributed by atoms with Gasteiger partial charge in [-0.2, -0.15) is 0 Å². The normalized spacial score (nSPS) is 12.7. The number of sulfonamides is 1. The van der Waals surface area contributed by atoms with E-state index in [-0.39, 0.29) is 16.9 Å². The first-order valence-corrected chi connectivity index (χ1v) is 7.16. The zero-order chi connectivity index (χ0) is 15.5. The molecule has 2 N–H and O–H groups in total. The van der Waals surface area contributed by atoms with Crippen LogP contribution in [0.3, 0.4) is 0 Å². The average Bonchev–Trinajstić information content (AvgIpc) is 2.31. The van der Waals surface area contributed by atoms with Crippen molar-refractivity contribution in [1.82, 2.24) is 4.72 Å². The largest absolute Gasteiger partial charge is 0.478 e. The number of carbonyl (C=O) groups is 1. The highest BCUT2D eigenvalue weighted by Crippen LogP contribution is 2.19. The highest BCUT2D eigenvalue weighted by atomic mass is 32.2. The second-order valence-corrected chi connectivity index (χ2v) is 6.05. The minimum absolute atomic E-state index is 0.0603. The van der Waals surface area contributed by atoms with Crippen LogP contribution in [0.5, 0.6) is 0 Å². The molecule has 0 amide bonds. The first-order chi connectivity index (χ1) is 9.19. The van der Waals surface area contributed by atoms with E-state index in [4.69, 9.17) is 11.5 Å². The molecule has 7 heteroatoms. The van der Waals surface area contributed by atoms with Crippen molar-refractivity contribution in [2.45, 2.75) is 31.2 Å². The molecule has 20 heavy (non-hydrogen) atoms. The molecule has 5 nitrogen and oxygen atoms in total. The van der Waals surface area contributed by atoms with Crippen LogP contribution in [0.2, 0.25) is 0 Å². The van der Waals surface area contributed by atoms with Gasteiger partial charge in [0, 0.05) is 12.5 Å². The maximum absolute atomic E-state index is 13.6. The Bertz CT molecular complexity index is 676. The Labute approximate surface area is 116 Å². The van der Waals surface area contributed by atoms with Crippen molar-refractivity contribution in [2.75, 3.05) is 0 Å². The number of nitrogens with one attached hydrogen (secondary N) is 1. The van der Waals surface area contributed by atoms with Gasteiger partial charge in [0.2, 0.25) is 10.0 Å². The third-order valence-corrected chi connectivity index (χ3v) is 4.12. The summed E-state index contributed by atoms with van der Waals surface area (Å²) in [7, 11) is -3.95. The number of hydrogen-bond donors (Lipinski definition) is 2. The van der Waals surface area contributed by atoms with E-state index < -0.39 is 33.4 Å². The molecule has 0 aliphatic heterocycles. The number of aromatic carboxylic acids is 1. The average molecular weight is 299 g/mol. The molecule has 1 unspecified atom stereocenters. The first kappa shape index (κ1) is 16.1. The number of rotatable bonds is 5. The summed E-state index contributed by atoms with van der Waals surface area (Å²) < 4.78 is 40.0. The van der Waals surface area contributed by atoms with Gasteiger partial charge in [-0.25, -0.2) is 22.3 Å². The van der Waals surface area contributed by atoms with E-state index in [0.717, 1.165) is 12.1 Å². The quantitative estimate of drug-likeness (QED) is 0.808. The molecule has 0 spiro atoms. The fraction of sp³-hybridized carbons (Fsp3) is 0.308. The number of carboxylic acids is 1. The Morgan fingerprint density at radius 3 is 2.65 bits per heavy atom. The van der Waals surface area contributed by atoms with E-state index in [1.165, 1.54) is 6.92 Å². The molecular formula is C13H14FNO4S. The molecule has 1 rings (SSSR count). The highest BCUT2D eigenvalue weighted by molar-refractivity contribution is 7.89. The van der Waals surface area contributed by atoms with Gasteiger partial charge >= 0.3 is 5.97 Å². The third kappa shape index (κ3) is 3.56. The van der Waals surface area contributed by atoms with Gasteiger partial charge in [0.1, 0.15) is 5.82 Å². The highest BCUT2D eigenvalue weighted by Gasteiger charge is 2.22. The van der Waals surface area contributed by atoms with E-state index in [2.05, 4.69) is 10.6 Å². The summed E-state index contributed by atoms with van der Waals surface area (Å²) >= 11 is 0. The maximum atomic E-state index is 13.6. The summed E-state index contributed by atoms with van der Waals surface area (Å²) in [5.74, 6) is -0.169. The maximum Gasteiger partial charge on any atom is 0.338 e. The molecule has 0 saturated carbocycles. The molecule has 1 aromatic rings. The molecule has 0 aliphatic carbocycles. The second kappa shape index (κ2) is 6.03. The molecule has 0 fully saturated rings. The Morgan fingerprint density at radius 1 is 1.55 bits per heavy atom. The number of hydrogen-bond acceptors (Lipinski definition) is 3. The van der Waals surface area contributed by atoms with Gasteiger partial charge in [-0.15, -0.1) is 12.3 Å². The van der Waals surface area contributed by atoms with Crippen LogP contribution in [0.1, 0.15) is 29.3 Å². The number of carboxylic acid groups (broad SMARTS) is 1. The summed E-state index contributed by atoms with van der Waals surface area (Å²) in [5.41, 5.74) is -0.746. The van der Waals surface area contributed by atoms with Gasteiger partial charge in [-0.3, -0.25) is 0 Å². The van der Waals surface area contributed by atoms with Crippen molar-refractivity contribution in [3.8, 4) is 12.3 Å². The molecule has 0 aromatic heterocycles. The number of aryl methyl sites for hydroxylation is 1. The predicted octanol–water partition coefficient (Wildman–Crippen LogP) is 1.52. The van der Waals surface area contributed by atoms with Crippen LogP contribution in [0.15, 0.2) is 17.0 Å². The van der Waals surface area contributed by atoms with Crippen molar-refractivity contribution < 1.29 is 22.7 Å². The van der Waals surface area contributed by atoms with Crippen molar-refractivity contribution >= 4 is 16.0 Å². The first-order valence-electron chi connectivity index (χ1n) is 5.68. The standard InChI is InChI=1S/C13H14FNO4S/c1-4-5-9(3)15-20(18,19)10-6-8(2)12(14)11(7-10)13(16)17/h1,6-7,9,15H,5H2,2-3H3,(H,16,17). The van der Waals surface area contributed by atoms with Gasteiger partial charge < -0.3 is 5.11 Å². The van der Waals surface area contributed by atoms with E-state index >= 15 is 0 Å². The van der Waals surface area contributed by atoms with Gasteiger partial charge in [0.05, 0.1) is 10.5 Å². The third-order valence-electron chi connectivity index (χ3n) is 2.55. The van der Waals surface area contributed by atoms with Crippen LogP contribution in [-0.4, -0.2) is 25.5 Å². The fourth-order valence-corrected chi connectivity index (χ4v) is 2.95. The van der Waals surface area contributed by atoms with Crippen LogP contribution in [0.4, 0.5) is 4.39 Å². The second-order valence-electron chi connectivity index (χ2n) is 4.34. The van der Waals surface area contributed by atoms with Crippen molar-refractivity contribution in [1.29, 1.82) is 0 Å². The molecule has 0 heterocycles. The summed E-state index contributed by atoms with van der Waals surface area (Å²) in [6.07, 6.45) is 5.27. The van der Waals surface area contributed by atoms with E-state index in [1.54, 1.807) is 6.92 Å². The van der Waals surface area contributed by atoms with E-state index in [1.807, 2.05) is 0 Å². The van der Waals surface area contributed by atoms with Crippen molar-refractivity contribution in [2.24, 2.45) is 0 Å². The zero-order valence-electron chi connectivity index (χ0n) is 11.0. The van der Waals surface area contributed by atoms with Crippen LogP contribution in [-0.2, 0) is 10.0 Å². The number of benzene rings is 1. The van der Waals surface area contributed by atoms with Gasteiger partial charge in [0.15, 0.2) is 0 Å². The molecule has 1 aromatic carbocycles. The molecule has 0 bridgehead atoms. The number of halogens is 1. The summed E-state index contributed by atoms with van der Waals surface area (Å²) in [6, 6.07) is 1.35. The van der Waals surface area contributed by atoms with Gasteiger partial charge in [-0.1, -0.05) is 0 Å². The van der Waals surface area contributed by atoms with Crippen LogP contribution < -0.4 is 4.72 Å². The molecule has 0 radical (unpaired) electrons. The molecular weight excluding hydrogens is 285 g/mol. The number of terminal acetylenes is 1. The van der Waals surface area contributed by atoms with Crippen LogP contribution >= 0.6 is 0 Å². The Balaban J connectivity index is 3.27.